The number of carbonyl (C=O) groups excluding carboxylic acids is 1. The van der Waals surface area contributed by atoms with Crippen molar-refractivity contribution in [1.29, 1.82) is 0 Å². The Morgan fingerprint density at radius 2 is 2.36 bits per heavy atom. The zero-order valence-electron chi connectivity index (χ0n) is 7.64. The Morgan fingerprint density at radius 1 is 1.57 bits per heavy atom. The summed E-state index contributed by atoms with van der Waals surface area (Å²) < 4.78 is 4.99. The molecule has 2 fully saturated rings. The quantitative estimate of drug-likeness (QED) is 0.674. The second-order valence-corrected chi connectivity index (χ2v) is 3.78. The maximum atomic E-state index is 11.9. The minimum Gasteiger partial charge on any atom is -0.438 e. The van der Waals surface area contributed by atoms with Gasteiger partial charge in [0.1, 0.15) is 0 Å². The lowest BCUT2D eigenvalue weighted by Crippen LogP contribution is -2.69. The minimum absolute atomic E-state index is 0.0229. The number of rotatable bonds is 1. The highest BCUT2D eigenvalue weighted by atomic mass is 16.3. The number of piperidine rings is 1. The number of nitrogens with one attached hydrogen (secondary N) is 1. The van der Waals surface area contributed by atoms with Gasteiger partial charge in [-0.1, -0.05) is 0 Å². The molecule has 0 aliphatic carbocycles. The molecule has 0 saturated carbocycles. The van der Waals surface area contributed by atoms with Crippen molar-refractivity contribution in [3.63, 3.8) is 0 Å². The molecule has 2 aliphatic rings. The SMILES string of the molecule is O=C(c1cnco1)N1[C@@H]2CNC[C@H]1C2. The average Bonchev–Trinajstić information content (AvgIpc) is 2.71. The number of piperazine rings is 1. The van der Waals surface area contributed by atoms with Gasteiger partial charge in [0.05, 0.1) is 6.20 Å². The van der Waals surface area contributed by atoms with E-state index in [2.05, 4.69) is 10.3 Å². The average molecular weight is 193 g/mol. The fourth-order valence-corrected chi connectivity index (χ4v) is 2.26. The monoisotopic (exact) mass is 193 g/mol. The van der Waals surface area contributed by atoms with E-state index in [0.717, 1.165) is 19.5 Å². The maximum absolute atomic E-state index is 11.9. The Labute approximate surface area is 81.1 Å². The highest BCUT2D eigenvalue weighted by Gasteiger charge is 2.45. The summed E-state index contributed by atoms with van der Waals surface area (Å²) in [4.78, 5) is 17.5. The highest BCUT2D eigenvalue weighted by Crippen LogP contribution is 2.29. The first kappa shape index (κ1) is 7.99. The summed E-state index contributed by atoms with van der Waals surface area (Å²) in [6, 6.07) is 0.706. The largest absolute Gasteiger partial charge is 0.438 e. The van der Waals surface area contributed by atoms with Crippen LogP contribution in [0.4, 0.5) is 0 Å². The Bertz CT molecular complexity index is 335. The summed E-state index contributed by atoms with van der Waals surface area (Å²) >= 11 is 0. The third-order valence-corrected chi connectivity index (χ3v) is 2.97. The van der Waals surface area contributed by atoms with Crippen LogP contribution in [0, 0.1) is 0 Å². The molecule has 74 valence electrons. The topological polar surface area (TPSA) is 58.4 Å². The minimum atomic E-state index is -0.0229. The molecular formula is C9H11N3O2. The predicted molar refractivity (Wildman–Crippen MR) is 47.7 cm³/mol. The van der Waals surface area contributed by atoms with E-state index in [1.54, 1.807) is 0 Å². The summed E-state index contributed by atoms with van der Waals surface area (Å²) in [7, 11) is 0. The molecule has 1 N–H and O–H groups in total. The van der Waals surface area contributed by atoms with Gasteiger partial charge in [0.2, 0.25) is 5.76 Å². The Balaban J connectivity index is 1.81. The van der Waals surface area contributed by atoms with Crippen LogP contribution in [-0.2, 0) is 0 Å². The summed E-state index contributed by atoms with van der Waals surface area (Å²) in [5.74, 6) is 0.326. The Kier molecular flexibility index (Phi) is 1.61. The second kappa shape index (κ2) is 2.81. The van der Waals surface area contributed by atoms with Gasteiger partial charge in [0, 0.05) is 25.2 Å². The first-order valence-electron chi connectivity index (χ1n) is 4.78. The normalized spacial score (nSPS) is 29.9. The van der Waals surface area contributed by atoms with Crippen LogP contribution < -0.4 is 5.32 Å². The van der Waals surface area contributed by atoms with Gasteiger partial charge in [-0.2, -0.15) is 0 Å². The zero-order valence-corrected chi connectivity index (χ0v) is 7.64. The smallest absolute Gasteiger partial charge is 0.291 e. The van der Waals surface area contributed by atoms with Crippen molar-refractivity contribution in [3.8, 4) is 0 Å². The summed E-state index contributed by atoms with van der Waals surface area (Å²) in [6.45, 7) is 1.80. The molecule has 1 amide bonds. The van der Waals surface area contributed by atoms with Crippen molar-refractivity contribution in [1.82, 2.24) is 15.2 Å². The molecule has 5 heteroatoms. The van der Waals surface area contributed by atoms with Gasteiger partial charge < -0.3 is 14.6 Å². The number of aromatic nitrogens is 1. The third kappa shape index (κ3) is 0.988. The van der Waals surface area contributed by atoms with E-state index in [9.17, 15) is 4.79 Å². The molecule has 0 radical (unpaired) electrons. The molecule has 1 aromatic heterocycles. The van der Waals surface area contributed by atoms with Crippen LogP contribution in [0.2, 0.25) is 0 Å². The number of fused-ring (bicyclic) bond motifs is 2. The van der Waals surface area contributed by atoms with Crippen LogP contribution in [0.3, 0.4) is 0 Å². The first-order chi connectivity index (χ1) is 6.86. The molecule has 2 aliphatic heterocycles. The van der Waals surface area contributed by atoms with E-state index in [1.165, 1.54) is 12.6 Å². The van der Waals surface area contributed by atoms with Crippen molar-refractivity contribution >= 4 is 5.91 Å². The van der Waals surface area contributed by atoms with Crippen LogP contribution in [-0.4, -0.2) is 41.0 Å². The number of hydrogen-bond acceptors (Lipinski definition) is 4. The lowest BCUT2D eigenvalue weighted by molar-refractivity contribution is -0.00462. The summed E-state index contributed by atoms with van der Waals surface area (Å²) in [5.41, 5.74) is 0. The molecule has 2 atom stereocenters. The van der Waals surface area contributed by atoms with Crippen molar-refractivity contribution in [2.24, 2.45) is 0 Å². The number of hydrogen-bond donors (Lipinski definition) is 1. The van der Waals surface area contributed by atoms with Crippen LogP contribution in [0.5, 0.6) is 0 Å². The molecule has 5 nitrogen and oxygen atoms in total. The van der Waals surface area contributed by atoms with Crippen molar-refractivity contribution in [2.75, 3.05) is 13.1 Å². The van der Waals surface area contributed by atoms with Crippen LogP contribution in [0.15, 0.2) is 17.0 Å². The van der Waals surface area contributed by atoms with Gasteiger partial charge in [0.15, 0.2) is 6.39 Å². The summed E-state index contributed by atoms with van der Waals surface area (Å²) in [6.07, 6.45) is 3.89. The zero-order chi connectivity index (χ0) is 9.54. The van der Waals surface area contributed by atoms with Gasteiger partial charge in [0.25, 0.3) is 5.91 Å². The van der Waals surface area contributed by atoms with E-state index >= 15 is 0 Å². The molecule has 14 heavy (non-hydrogen) atoms. The van der Waals surface area contributed by atoms with E-state index in [1.807, 2.05) is 4.90 Å². The van der Waals surface area contributed by atoms with Gasteiger partial charge in [-0.25, -0.2) is 4.98 Å². The van der Waals surface area contributed by atoms with Gasteiger partial charge in [-0.3, -0.25) is 4.79 Å². The van der Waals surface area contributed by atoms with E-state index in [4.69, 9.17) is 4.42 Å². The van der Waals surface area contributed by atoms with Crippen molar-refractivity contribution in [3.05, 3.63) is 18.4 Å². The molecule has 1 aromatic rings. The molecule has 0 unspecified atom stereocenters. The molecular weight excluding hydrogens is 182 g/mol. The van der Waals surface area contributed by atoms with E-state index < -0.39 is 0 Å². The molecule has 0 spiro atoms. The summed E-state index contributed by atoms with van der Waals surface area (Å²) in [5, 5.41) is 3.27. The lowest BCUT2D eigenvalue weighted by atomic mass is 9.88. The van der Waals surface area contributed by atoms with Gasteiger partial charge >= 0.3 is 0 Å². The number of oxazole rings is 1. The van der Waals surface area contributed by atoms with Gasteiger partial charge in [-0.05, 0) is 6.42 Å². The molecule has 0 aromatic carbocycles. The van der Waals surface area contributed by atoms with Gasteiger partial charge in [-0.15, -0.1) is 0 Å². The number of carbonyl (C=O) groups is 1. The first-order valence-corrected chi connectivity index (χ1v) is 4.78. The van der Waals surface area contributed by atoms with E-state index in [0.29, 0.717) is 17.8 Å². The highest BCUT2D eigenvalue weighted by molar-refractivity contribution is 5.92. The second-order valence-electron chi connectivity index (χ2n) is 3.78. The van der Waals surface area contributed by atoms with Crippen molar-refractivity contribution in [2.45, 2.75) is 18.5 Å². The predicted octanol–water partition coefficient (Wildman–Crippen LogP) is -0.139. The Hall–Kier alpha value is -1.36. The number of amides is 1. The number of nitrogens with zero attached hydrogens (tertiary/aromatic N) is 2. The molecule has 3 rings (SSSR count). The van der Waals surface area contributed by atoms with E-state index in [-0.39, 0.29) is 5.91 Å². The van der Waals surface area contributed by atoms with Crippen LogP contribution in [0.1, 0.15) is 17.0 Å². The third-order valence-electron chi connectivity index (χ3n) is 2.97. The van der Waals surface area contributed by atoms with Crippen LogP contribution in [0.25, 0.3) is 0 Å². The molecule has 2 bridgehead atoms. The molecule has 3 heterocycles. The lowest BCUT2D eigenvalue weighted by Gasteiger charge is -2.52. The Morgan fingerprint density at radius 3 is 2.93 bits per heavy atom. The maximum Gasteiger partial charge on any atom is 0.291 e. The standard InChI is InChI=1S/C9H11N3O2/c13-9(8-4-11-5-14-8)12-6-1-7(12)3-10-2-6/h4-7,10H,1-3H2/t6-,7+. The fourth-order valence-electron chi connectivity index (χ4n) is 2.26. The van der Waals surface area contributed by atoms with Crippen molar-refractivity contribution < 1.29 is 9.21 Å². The van der Waals surface area contributed by atoms with Crippen LogP contribution >= 0.6 is 0 Å². The fraction of sp³-hybridized carbons (Fsp3) is 0.556. The molecule has 2 saturated heterocycles.